The summed E-state index contributed by atoms with van der Waals surface area (Å²) < 4.78 is 31.3. The summed E-state index contributed by atoms with van der Waals surface area (Å²) >= 11 is 12.0. The van der Waals surface area contributed by atoms with Crippen molar-refractivity contribution in [3.8, 4) is 11.5 Å². The summed E-state index contributed by atoms with van der Waals surface area (Å²) in [4.78, 5) is 12.4. The van der Waals surface area contributed by atoms with Gasteiger partial charge in [-0.15, -0.1) is 0 Å². The van der Waals surface area contributed by atoms with E-state index in [9.17, 15) is 13.2 Å². The number of benzene rings is 3. The third-order valence-corrected chi connectivity index (χ3v) is 6.01. The van der Waals surface area contributed by atoms with Crippen molar-refractivity contribution < 1.29 is 17.9 Å². The molecule has 0 saturated heterocycles. The predicted octanol–water partition coefficient (Wildman–Crippen LogP) is 4.87. The van der Waals surface area contributed by atoms with Crippen LogP contribution in [0.2, 0.25) is 10.0 Å². The van der Waals surface area contributed by atoms with Gasteiger partial charge in [0.05, 0.1) is 11.9 Å². The first kappa shape index (κ1) is 22.9. The Labute approximate surface area is 191 Å². The largest absolute Gasteiger partial charge is 0.457 e. The maximum atomic E-state index is 12.4. The Kier molecular flexibility index (Phi) is 7.43. The average molecular weight is 479 g/mol. The van der Waals surface area contributed by atoms with Crippen LogP contribution in [-0.4, -0.2) is 27.1 Å². The number of carbonyl (C=O) groups excluding carboxylic acids is 1. The van der Waals surface area contributed by atoms with Crippen molar-refractivity contribution in [3.05, 3.63) is 88.4 Å². The first-order valence-electron chi connectivity index (χ1n) is 9.24. The van der Waals surface area contributed by atoms with Crippen molar-refractivity contribution in [2.45, 2.75) is 6.54 Å². The van der Waals surface area contributed by atoms with Crippen LogP contribution in [0.15, 0.2) is 72.8 Å². The summed E-state index contributed by atoms with van der Waals surface area (Å²) in [6.45, 7) is -0.223. The number of nitrogens with one attached hydrogen (secondary N) is 1. The topological polar surface area (TPSA) is 75.7 Å². The number of amides is 1. The van der Waals surface area contributed by atoms with Crippen LogP contribution in [0.25, 0.3) is 0 Å². The maximum Gasteiger partial charge on any atom is 0.241 e. The number of nitrogens with zero attached hydrogens (tertiary/aromatic N) is 1. The molecule has 6 nitrogen and oxygen atoms in total. The molecule has 0 bridgehead atoms. The third-order valence-electron chi connectivity index (χ3n) is 4.28. The molecule has 0 atom stereocenters. The highest BCUT2D eigenvalue weighted by molar-refractivity contribution is 7.92. The SMILES string of the molecule is CS(=O)(=O)N(CC(=O)NCc1ccc(Cl)cc1Cl)c1ccc(Oc2ccccc2)cc1. The minimum Gasteiger partial charge on any atom is -0.457 e. The summed E-state index contributed by atoms with van der Waals surface area (Å²) in [5.74, 6) is 0.738. The van der Waals surface area contributed by atoms with E-state index in [1.807, 2.05) is 30.3 Å². The Morgan fingerprint density at radius 3 is 2.23 bits per heavy atom. The highest BCUT2D eigenvalue weighted by Gasteiger charge is 2.21. The normalized spacial score (nSPS) is 11.1. The molecule has 1 N–H and O–H groups in total. The van der Waals surface area contributed by atoms with Crippen molar-refractivity contribution in [3.63, 3.8) is 0 Å². The van der Waals surface area contributed by atoms with E-state index in [0.717, 1.165) is 10.6 Å². The zero-order valence-corrected chi connectivity index (χ0v) is 18.9. The second-order valence-electron chi connectivity index (χ2n) is 6.69. The number of sulfonamides is 1. The minimum absolute atomic E-state index is 0.149. The number of anilines is 1. The third kappa shape index (κ3) is 6.62. The zero-order valence-electron chi connectivity index (χ0n) is 16.6. The number of carbonyl (C=O) groups is 1. The van der Waals surface area contributed by atoms with E-state index >= 15 is 0 Å². The van der Waals surface area contributed by atoms with Crippen LogP contribution in [0.1, 0.15) is 5.56 Å². The molecule has 0 aliphatic rings. The number of hydrogen-bond donors (Lipinski definition) is 1. The number of ether oxygens (including phenoxy) is 1. The second kappa shape index (κ2) is 10.0. The van der Waals surface area contributed by atoms with Gasteiger partial charge in [-0.25, -0.2) is 8.42 Å². The highest BCUT2D eigenvalue weighted by Crippen LogP contribution is 2.25. The molecule has 3 aromatic carbocycles. The van der Waals surface area contributed by atoms with Crippen LogP contribution in [0.4, 0.5) is 5.69 Å². The lowest BCUT2D eigenvalue weighted by Gasteiger charge is -2.22. The van der Waals surface area contributed by atoms with Crippen LogP contribution < -0.4 is 14.4 Å². The summed E-state index contributed by atoms with van der Waals surface area (Å²) in [5.41, 5.74) is 1.02. The van der Waals surface area contributed by atoms with Crippen molar-refractivity contribution >= 4 is 44.8 Å². The van der Waals surface area contributed by atoms with Gasteiger partial charge in [-0.05, 0) is 54.1 Å². The molecule has 3 rings (SSSR count). The van der Waals surface area contributed by atoms with Gasteiger partial charge in [-0.1, -0.05) is 47.5 Å². The van der Waals surface area contributed by atoms with E-state index in [-0.39, 0.29) is 13.1 Å². The van der Waals surface area contributed by atoms with Crippen LogP contribution in [0.5, 0.6) is 11.5 Å². The Bertz CT molecular complexity index is 1150. The van der Waals surface area contributed by atoms with Gasteiger partial charge in [0.1, 0.15) is 18.0 Å². The lowest BCUT2D eigenvalue weighted by molar-refractivity contribution is -0.119. The number of hydrogen-bond acceptors (Lipinski definition) is 4. The zero-order chi connectivity index (χ0) is 22.4. The van der Waals surface area contributed by atoms with Crippen molar-refractivity contribution in [1.29, 1.82) is 0 Å². The van der Waals surface area contributed by atoms with E-state index in [2.05, 4.69) is 5.32 Å². The molecule has 0 aromatic heterocycles. The Balaban J connectivity index is 1.68. The number of para-hydroxylation sites is 1. The molecule has 0 unspecified atom stereocenters. The molecule has 0 aliphatic carbocycles. The fourth-order valence-corrected chi connectivity index (χ4v) is 4.08. The molecule has 0 fully saturated rings. The lowest BCUT2D eigenvalue weighted by atomic mass is 10.2. The van der Waals surface area contributed by atoms with Crippen molar-refractivity contribution in [2.75, 3.05) is 17.1 Å². The first-order valence-corrected chi connectivity index (χ1v) is 11.8. The standard InChI is InChI=1S/C22H20Cl2N2O4S/c1-31(28,29)26(15-22(27)25-14-16-7-8-17(23)13-21(16)24)18-9-11-20(12-10-18)30-19-5-3-2-4-6-19/h2-13H,14-15H2,1H3,(H,25,27). The molecule has 9 heteroatoms. The molecule has 0 heterocycles. The highest BCUT2D eigenvalue weighted by atomic mass is 35.5. The molecule has 3 aromatic rings. The molecule has 1 amide bonds. The van der Waals surface area contributed by atoms with Crippen molar-refractivity contribution in [1.82, 2.24) is 5.32 Å². The van der Waals surface area contributed by atoms with E-state index in [1.54, 1.807) is 42.5 Å². The van der Waals surface area contributed by atoms with Crippen LogP contribution in [-0.2, 0) is 21.4 Å². The van der Waals surface area contributed by atoms with Gasteiger partial charge >= 0.3 is 0 Å². The van der Waals surface area contributed by atoms with Crippen LogP contribution >= 0.6 is 23.2 Å². The Morgan fingerprint density at radius 2 is 1.61 bits per heavy atom. The fraction of sp³-hybridized carbons (Fsp3) is 0.136. The van der Waals surface area contributed by atoms with E-state index in [4.69, 9.17) is 27.9 Å². The monoisotopic (exact) mass is 478 g/mol. The second-order valence-corrected chi connectivity index (χ2v) is 9.44. The Hall–Kier alpha value is -2.74. The van der Waals surface area contributed by atoms with Gasteiger partial charge in [0, 0.05) is 16.6 Å². The number of halogens is 2. The van der Waals surface area contributed by atoms with E-state index in [0.29, 0.717) is 32.8 Å². The van der Waals surface area contributed by atoms with Gasteiger partial charge in [0.2, 0.25) is 15.9 Å². The lowest BCUT2D eigenvalue weighted by Crippen LogP contribution is -2.40. The molecule has 162 valence electrons. The van der Waals surface area contributed by atoms with Gasteiger partial charge < -0.3 is 10.1 Å². The predicted molar refractivity (Wildman–Crippen MR) is 123 cm³/mol. The quantitative estimate of drug-likeness (QED) is 0.501. The molecule has 0 radical (unpaired) electrons. The molecule has 0 saturated carbocycles. The Morgan fingerprint density at radius 1 is 0.968 bits per heavy atom. The molecular weight excluding hydrogens is 459 g/mol. The van der Waals surface area contributed by atoms with E-state index in [1.165, 1.54) is 0 Å². The molecule has 0 aliphatic heterocycles. The summed E-state index contributed by atoms with van der Waals surface area (Å²) in [7, 11) is -3.69. The maximum absolute atomic E-state index is 12.4. The summed E-state index contributed by atoms with van der Waals surface area (Å²) in [6, 6.07) is 20.6. The fourth-order valence-electron chi connectivity index (χ4n) is 2.75. The number of rotatable bonds is 8. The van der Waals surface area contributed by atoms with Gasteiger partial charge in [0.25, 0.3) is 0 Å². The van der Waals surface area contributed by atoms with E-state index < -0.39 is 15.9 Å². The van der Waals surface area contributed by atoms with Crippen LogP contribution in [0, 0.1) is 0 Å². The summed E-state index contributed by atoms with van der Waals surface area (Å²) in [5, 5.41) is 3.59. The van der Waals surface area contributed by atoms with Crippen LogP contribution in [0.3, 0.4) is 0 Å². The molecule has 0 spiro atoms. The van der Waals surface area contributed by atoms with Crippen molar-refractivity contribution in [2.24, 2.45) is 0 Å². The van der Waals surface area contributed by atoms with Gasteiger partial charge in [-0.3, -0.25) is 9.10 Å². The van der Waals surface area contributed by atoms with Gasteiger partial charge in [0.15, 0.2) is 0 Å². The smallest absolute Gasteiger partial charge is 0.241 e. The molecule has 31 heavy (non-hydrogen) atoms. The minimum atomic E-state index is -3.69. The summed E-state index contributed by atoms with van der Waals surface area (Å²) in [6.07, 6.45) is 1.05. The average Bonchev–Trinajstić information content (AvgIpc) is 2.72. The van der Waals surface area contributed by atoms with Gasteiger partial charge in [-0.2, -0.15) is 0 Å². The molecular formula is C22H20Cl2N2O4S. The first-order chi connectivity index (χ1) is 14.7.